The van der Waals surface area contributed by atoms with Crippen LogP contribution in [-0.4, -0.2) is 45.8 Å². The summed E-state index contributed by atoms with van der Waals surface area (Å²) in [7, 11) is 1.54. The van der Waals surface area contributed by atoms with Gasteiger partial charge in [-0.2, -0.15) is 0 Å². The van der Waals surface area contributed by atoms with E-state index in [2.05, 4.69) is 9.98 Å². The summed E-state index contributed by atoms with van der Waals surface area (Å²) in [5.74, 6) is 0.740. The molecule has 0 spiro atoms. The highest BCUT2D eigenvalue weighted by atomic mass is 16.5. The quantitative estimate of drug-likeness (QED) is 0.489. The predicted octanol–water partition coefficient (Wildman–Crippen LogP) is 3.62. The van der Waals surface area contributed by atoms with Gasteiger partial charge in [0.1, 0.15) is 18.4 Å². The Morgan fingerprint density at radius 2 is 2.03 bits per heavy atom. The van der Waals surface area contributed by atoms with E-state index < -0.39 is 11.8 Å². The highest BCUT2D eigenvalue weighted by Gasteiger charge is 2.18. The lowest BCUT2D eigenvalue weighted by molar-refractivity contribution is 0.0881. The number of nitrogens with one attached hydrogen (secondary N) is 1. The molecule has 0 fully saturated rings. The van der Waals surface area contributed by atoms with Gasteiger partial charge in [0, 0.05) is 17.4 Å². The van der Waals surface area contributed by atoms with Crippen LogP contribution in [0, 0.1) is 0 Å². The van der Waals surface area contributed by atoms with E-state index in [-0.39, 0.29) is 24.7 Å². The van der Waals surface area contributed by atoms with Gasteiger partial charge in [0.05, 0.1) is 19.3 Å². The van der Waals surface area contributed by atoms with Crippen molar-refractivity contribution in [2.24, 2.45) is 4.99 Å². The van der Waals surface area contributed by atoms with Crippen molar-refractivity contribution in [1.29, 1.82) is 0 Å². The minimum Gasteiger partial charge on any atom is -0.493 e. The van der Waals surface area contributed by atoms with Crippen LogP contribution in [0.1, 0.15) is 23.7 Å². The highest BCUT2D eigenvalue weighted by Crippen LogP contribution is 2.33. The van der Waals surface area contributed by atoms with Crippen molar-refractivity contribution >= 4 is 29.6 Å². The number of para-hydroxylation sites is 1. The van der Waals surface area contributed by atoms with Crippen LogP contribution in [0.15, 0.2) is 58.3 Å². The monoisotopic (exact) mass is 447 g/mol. The molecule has 1 aliphatic rings. The number of aliphatic imine (C=N–C) groups is 1. The predicted molar refractivity (Wildman–Crippen MR) is 128 cm³/mol. The molecule has 1 atom stereocenters. The number of fused-ring (bicyclic) bond motifs is 1. The van der Waals surface area contributed by atoms with Crippen LogP contribution in [0.25, 0.3) is 17.7 Å². The van der Waals surface area contributed by atoms with Crippen molar-refractivity contribution in [2.75, 3.05) is 13.7 Å². The Hall–Kier alpha value is -4.04. The summed E-state index contributed by atoms with van der Waals surface area (Å²) >= 11 is 0. The number of aliphatic hydroxyl groups is 1. The molecule has 8 nitrogen and oxygen atoms in total. The molecule has 1 unspecified atom stereocenters. The maximum atomic E-state index is 12.4. The van der Waals surface area contributed by atoms with E-state index in [1.54, 1.807) is 25.5 Å². The van der Waals surface area contributed by atoms with Crippen molar-refractivity contribution in [3.8, 4) is 17.4 Å². The van der Waals surface area contributed by atoms with Crippen LogP contribution in [-0.2, 0) is 6.54 Å². The Morgan fingerprint density at radius 3 is 2.82 bits per heavy atom. The molecule has 0 saturated carbocycles. The Bertz CT molecular complexity index is 1300. The average molecular weight is 447 g/mol. The fraction of sp³-hybridized carbons (Fsp3) is 0.200. The Balaban J connectivity index is 1.46. The molecule has 1 aliphatic heterocycles. The van der Waals surface area contributed by atoms with Gasteiger partial charge in [-0.15, -0.1) is 0 Å². The van der Waals surface area contributed by atoms with Gasteiger partial charge in [-0.3, -0.25) is 9.56 Å². The van der Waals surface area contributed by atoms with Gasteiger partial charge in [0.2, 0.25) is 5.88 Å². The molecule has 0 saturated heterocycles. The fourth-order valence-corrected chi connectivity index (χ4v) is 3.61. The van der Waals surface area contributed by atoms with Gasteiger partial charge in [-0.05, 0) is 36.8 Å². The van der Waals surface area contributed by atoms with Crippen LogP contribution in [0.5, 0.6) is 17.4 Å². The largest absolute Gasteiger partial charge is 0.493 e. The molecule has 33 heavy (non-hydrogen) atoms. The van der Waals surface area contributed by atoms with Crippen molar-refractivity contribution in [1.82, 2.24) is 9.55 Å². The number of aromatic nitrogens is 2. The van der Waals surface area contributed by atoms with E-state index in [9.17, 15) is 15.0 Å². The number of ether oxygens (including phenoxy) is 2. The number of hydrogen-bond acceptors (Lipinski definition) is 6. The fourth-order valence-electron chi connectivity index (χ4n) is 3.61. The van der Waals surface area contributed by atoms with Crippen molar-refractivity contribution < 1.29 is 19.7 Å². The minimum atomic E-state index is -1.04. The molecule has 3 aromatic rings. The van der Waals surface area contributed by atoms with Crippen LogP contribution >= 0.6 is 0 Å². The number of hydrogen-bond donors (Lipinski definition) is 3. The molecule has 3 N–H and O–H groups in total. The second kappa shape index (κ2) is 9.62. The topological polar surface area (TPSA) is 109 Å². The van der Waals surface area contributed by atoms with Gasteiger partial charge >= 0.3 is 5.69 Å². The number of imidazole rings is 1. The molecule has 0 amide bonds. The third kappa shape index (κ3) is 4.75. The lowest BCUT2D eigenvalue weighted by Gasteiger charge is -2.15. The van der Waals surface area contributed by atoms with Crippen molar-refractivity contribution in [3.63, 3.8) is 0 Å². The summed E-state index contributed by atoms with van der Waals surface area (Å²) in [6.07, 6.45) is 6.15. The smallest absolute Gasteiger partial charge is 0.328 e. The molecular formula is C25H25N3O5. The molecule has 1 aromatic heterocycles. The van der Waals surface area contributed by atoms with E-state index >= 15 is 0 Å². The zero-order valence-corrected chi connectivity index (χ0v) is 18.4. The second-order valence-corrected chi connectivity index (χ2v) is 7.53. The van der Waals surface area contributed by atoms with Gasteiger partial charge < -0.3 is 24.7 Å². The van der Waals surface area contributed by atoms with Crippen LogP contribution in [0.3, 0.4) is 0 Å². The highest BCUT2D eigenvalue weighted by molar-refractivity contribution is 6.21. The van der Waals surface area contributed by atoms with Crippen LogP contribution < -0.4 is 15.2 Å². The zero-order chi connectivity index (χ0) is 23.4. The number of methoxy groups -OCH3 is 1. The number of nitrogens with zero attached hydrogens (tertiary/aromatic N) is 2. The number of H-pyrrole nitrogens is 1. The van der Waals surface area contributed by atoms with Crippen LogP contribution in [0.2, 0.25) is 0 Å². The maximum Gasteiger partial charge on any atom is 0.328 e. The number of aromatic hydroxyl groups is 1. The average Bonchev–Trinajstić information content (AvgIpc) is 3.34. The molecule has 2 heterocycles. The summed E-state index contributed by atoms with van der Waals surface area (Å²) in [5.41, 5.74) is 3.18. The van der Waals surface area contributed by atoms with Crippen LogP contribution in [0.4, 0.5) is 5.69 Å². The van der Waals surface area contributed by atoms with E-state index in [4.69, 9.17) is 9.47 Å². The molecule has 4 rings (SSSR count). The second-order valence-electron chi connectivity index (χ2n) is 7.53. The maximum absolute atomic E-state index is 12.4. The summed E-state index contributed by atoms with van der Waals surface area (Å²) < 4.78 is 12.1. The lowest BCUT2D eigenvalue weighted by atomic mass is 10.1. The number of aliphatic hydroxyl groups excluding tert-OH is 1. The normalized spacial score (nSPS) is 14.7. The first-order valence-corrected chi connectivity index (χ1v) is 10.5. The minimum absolute atomic E-state index is 0.0904. The molecule has 2 aromatic carbocycles. The van der Waals surface area contributed by atoms with E-state index in [0.717, 1.165) is 27.0 Å². The summed E-state index contributed by atoms with van der Waals surface area (Å²) in [6.45, 7) is 1.69. The summed E-state index contributed by atoms with van der Waals surface area (Å²) in [6, 6.07) is 13.1. The number of allylic oxidation sites excluding steroid dienone is 2. The molecule has 0 aliphatic carbocycles. The number of aromatic amines is 1. The molecule has 0 radical (unpaired) electrons. The van der Waals surface area contributed by atoms with Gasteiger partial charge in [0.15, 0.2) is 11.5 Å². The number of rotatable bonds is 8. The standard InChI is InChI=1S/C25H25N3O5/c1-3-6-16-9-10-22(23(11-16)32-2)33-15-18(29)14-28-24(30)21(27-25(28)31)12-17-13-26-20-8-5-4-7-19(17)20/h3-13,18,29-30H,14-15H2,1-2H3,(H,27,31)/b6-3?,17-12+. The van der Waals surface area contributed by atoms with Gasteiger partial charge in [-0.25, -0.2) is 4.79 Å². The van der Waals surface area contributed by atoms with Crippen molar-refractivity contribution in [3.05, 3.63) is 75.8 Å². The Morgan fingerprint density at radius 1 is 1.21 bits per heavy atom. The van der Waals surface area contributed by atoms with Gasteiger partial charge in [-0.1, -0.05) is 36.4 Å². The first kappa shape index (κ1) is 22.2. The lowest BCUT2D eigenvalue weighted by Crippen LogP contribution is -2.28. The molecule has 0 bridgehead atoms. The van der Waals surface area contributed by atoms with Gasteiger partial charge in [0.25, 0.3) is 0 Å². The third-order valence-electron chi connectivity index (χ3n) is 5.21. The molecule has 170 valence electrons. The Kier molecular flexibility index (Phi) is 6.46. The SMILES string of the molecule is CC=Cc1ccc(OCC(O)Cn2c(O)c(/C=C3\C=Nc4ccccc43)[nH]c2=O)c(OC)c1. The molecule has 8 heteroatoms. The summed E-state index contributed by atoms with van der Waals surface area (Å²) in [5, 5.41) is 21.0. The van der Waals surface area contributed by atoms with Crippen molar-refractivity contribution in [2.45, 2.75) is 19.6 Å². The number of benzene rings is 2. The molecular weight excluding hydrogens is 422 g/mol. The third-order valence-corrected chi connectivity index (χ3v) is 5.21. The van der Waals surface area contributed by atoms with E-state index in [1.165, 1.54) is 0 Å². The first-order valence-electron chi connectivity index (χ1n) is 10.5. The zero-order valence-electron chi connectivity index (χ0n) is 18.4. The first-order chi connectivity index (χ1) is 16.0. The van der Waals surface area contributed by atoms with E-state index in [1.807, 2.05) is 55.5 Å². The summed E-state index contributed by atoms with van der Waals surface area (Å²) in [4.78, 5) is 19.3. The Labute approximate surface area is 190 Å². The van der Waals surface area contributed by atoms with E-state index in [0.29, 0.717) is 11.5 Å².